The van der Waals surface area contributed by atoms with E-state index in [1.807, 2.05) is 36.4 Å². The first-order valence-corrected chi connectivity index (χ1v) is 13.2. The first kappa shape index (κ1) is 23.2. The molecule has 0 atom stereocenters. The van der Waals surface area contributed by atoms with Crippen molar-refractivity contribution in [3.05, 3.63) is 71.5 Å². The zero-order valence-electron chi connectivity index (χ0n) is 19.4. The van der Waals surface area contributed by atoms with Gasteiger partial charge in [-0.1, -0.05) is 36.4 Å². The van der Waals surface area contributed by atoms with Crippen LogP contribution in [0.15, 0.2) is 54.7 Å². The van der Waals surface area contributed by atoms with Gasteiger partial charge in [-0.2, -0.15) is 9.40 Å². The molecular weight excluding hydrogens is 462 g/mol. The van der Waals surface area contributed by atoms with Gasteiger partial charge in [-0.15, -0.1) is 0 Å². The first-order valence-electron chi connectivity index (χ1n) is 11.4. The molecule has 180 valence electrons. The highest BCUT2D eigenvalue weighted by molar-refractivity contribution is 7.88. The topological polar surface area (TPSA) is 121 Å². The van der Waals surface area contributed by atoms with Gasteiger partial charge in [-0.05, 0) is 35.4 Å². The third-order valence-corrected chi connectivity index (χ3v) is 7.49. The van der Waals surface area contributed by atoms with Crippen LogP contribution in [-0.2, 0) is 16.6 Å². The van der Waals surface area contributed by atoms with Crippen LogP contribution in [0.1, 0.15) is 16.8 Å². The van der Waals surface area contributed by atoms with Crippen LogP contribution in [0.4, 0.5) is 5.95 Å². The molecule has 10 heteroatoms. The number of fused-ring (bicyclic) bond motifs is 1. The fourth-order valence-electron chi connectivity index (χ4n) is 4.25. The molecule has 1 fully saturated rings. The van der Waals surface area contributed by atoms with Gasteiger partial charge in [0.05, 0.1) is 23.2 Å². The van der Waals surface area contributed by atoms with Crippen molar-refractivity contribution in [3.63, 3.8) is 0 Å². The normalized spacial score (nSPS) is 15.8. The molecule has 3 N–H and O–H groups in total. The Balaban J connectivity index is 1.23. The lowest BCUT2D eigenvalue weighted by Crippen LogP contribution is -2.47. The Morgan fingerprint density at radius 2 is 1.80 bits per heavy atom. The zero-order chi connectivity index (χ0) is 24.4. The van der Waals surface area contributed by atoms with E-state index < -0.39 is 10.0 Å². The molecule has 35 heavy (non-hydrogen) atoms. The van der Waals surface area contributed by atoms with Crippen molar-refractivity contribution in [2.45, 2.75) is 6.54 Å². The van der Waals surface area contributed by atoms with Gasteiger partial charge in [0.25, 0.3) is 0 Å². The Hall–Kier alpha value is -3.60. The molecule has 1 aliphatic rings. The number of benzene rings is 2. The molecule has 3 heterocycles. The number of nitrogens with two attached hydrogens (primary N) is 1. The standard InChI is InChI=1S/C25H27N7O2S/c1-35(33,34)32-14-12-31(13-15-32)17-19-4-2-18(3-5-19)6-9-23-21-8-7-20(16-24(21)30-29-23)22-10-11-27-25(26)28-22/h2-11,16H,12-15,17H2,1H3,(H,29,30)(H2,26,27,28)/b9-6+. The average Bonchev–Trinajstić information content (AvgIpc) is 3.26. The molecule has 9 nitrogen and oxygen atoms in total. The van der Waals surface area contributed by atoms with E-state index in [-0.39, 0.29) is 5.95 Å². The van der Waals surface area contributed by atoms with Gasteiger partial charge in [0, 0.05) is 49.9 Å². The number of aromatic nitrogens is 4. The van der Waals surface area contributed by atoms with Crippen molar-refractivity contribution in [2.75, 3.05) is 38.2 Å². The lowest BCUT2D eigenvalue weighted by molar-refractivity contribution is 0.182. The number of rotatable bonds is 6. The second kappa shape index (κ2) is 9.57. The van der Waals surface area contributed by atoms with Crippen LogP contribution in [0, 0.1) is 0 Å². The molecular formula is C25H27N7O2S. The molecule has 2 aromatic carbocycles. The fraction of sp³-hybridized carbons (Fsp3) is 0.240. The Morgan fingerprint density at radius 3 is 2.51 bits per heavy atom. The van der Waals surface area contributed by atoms with Gasteiger partial charge in [0.1, 0.15) is 0 Å². The number of aromatic amines is 1. The van der Waals surface area contributed by atoms with E-state index in [1.54, 1.807) is 10.5 Å². The maximum Gasteiger partial charge on any atom is 0.220 e. The summed E-state index contributed by atoms with van der Waals surface area (Å²) in [6.45, 7) is 3.39. The van der Waals surface area contributed by atoms with Crippen LogP contribution in [0.25, 0.3) is 34.3 Å². The number of sulfonamides is 1. The second-order valence-corrected chi connectivity index (χ2v) is 10.7. The van der Waals surface area contributed by atoms with E-state index in [2.05, 4.69) is 49.3 Å². The molecule has 0 spiro atoms. The van der Waals surface area contributed by atoms with Crippen molar-refractivity contribution < 1.29 is 8.42 Å². The Labute approximate surface area is 204 Å². The van der Waals surface area contributed by atoms with Crippen molar-refractivity contribution >= 4 is 39.0 Å². The Bertz CT molecular complexity index is 1470. The van der Waals surface area contributed by atoms with E-state index in [9.17, 15) is 8.42 Å². The number of nitrogens with one attached hydrogen (secondary N) is 1. The monoisotopic (exact) mass is 489 g/mol. The number of H-pyrrole nitrogens is 1. The maximum absolute atomic E-state index is 11.7. The molecule has 0 unspecified atom stereocenters. The number of anilines is 1. The van der Waals surface area contributed by atoms with Crippen LogP contribution in [0.2, 0.25) is 0 Å². The third kappa shape index (κ3) is 5.40. The third-order valence-electron chi connectivity index (χ3n) is 6.18. The summed E-state index contributed by atoms with van der Waals surface area (Å²) >= 11 is 0. The number of hydrogen-bond acceptors (Lipinski definition) is 7. The van der Waals surface area contributed by atoms with Gasteiger partial charge < -0.3 is 5.73 Å². The van der Waals surface area contributed by atoms with Crippen LogP contribution in [0.3, 0.4) is 0 Å². The first-order chi connectivity index (χ1) is 16.8. The molecule has 1 aliphatic heterocycles. The predicted octanol–water partition coefficient (Wildman–Crippen LogP) is 2.85. The van der Waals surface area contributed by atoms with Crippen molar-refractivity contribution in [3.8, 4) is 11.3 Å². The van der Waals surface area contributed by atoms with Crippen LogP contribution in [-0.4, -0.2) is 70.2 Å². The van der Waals surface area contributed by atoms with E-state index >= 15 is 0 Å². The Kier molecular flexibility index (Phi) is 6.33. The smallest absolute Gasteiger partial charge is 0.220 e. The van der Waals surface area contributed by atoms with Crippen LogP contribution in [0.5, 0.6) is 0 Å². The van der Waals surface area contributed by atoms with Crippen LogP contribution >= 0.6 is 0 Å². The minimum absolute atomic E-state index is 0.247. The minimum atomic E-state index is -3.10. The van der Waals surface area contributed by atoms with E-state index in [4.69, 9.17) is 5.73 Å². The lowest BCUT2D eigenvalue weighted by atomic mass is 10.1. The fourth-order valence-corrected chi connectivity index (χ4v) is 5.08. The van der Waals surface area contributed by atoms with E-state index in [1.165, 1.54) is 11.8 Å². The van der Waals surface area contributed by atoms with Gasteiger partial charge in [-0.25, -0.2) is 18.4 Å². The van der Waals surface area contributed by atoms with Gasteiger partial charge in [-0.3, -0.25) is 10.00 Å². The summed E-state index contributed by atoms with van der Waals surface area (Å²) in [4.78, 5) is 10.5. The highest BCUT2D eigenvalue weighted by Crippen LogP contribution is 2.25. The SMILES string of the molecule is CS(=O)(=O)N1CCN(Cc2ccc(/C=C/c3n[nH]c4cc(-c5ccnc(N)n5)ccc34)cc2)CC1. The molecule has 0 saturated carbocycles. The van der Waals surface area contributed by atoms with Crippen LogP contribution < -0.4 is 5.73 Å². The summed E-state index contributed by atoms with van der Waals surface area (Å²) < 4.78 is 24.9. The van der Waals surface area contributed by atoms with Gasteiger partial charge >= 0.3 is 0 Å². The number of nitrogens with zero attached hydrogens (tertiary/aromatic N) is 5. The zero-order valence-corrected chi connectivity index (χ0v) is 20.2. The van der Waals surface area contributed by atoms with Crippen molar-refractivity contribution in [1.29, 1.82) is 0 Å². The molecule has 4 aromatic rings. The number of piperazine rings is 1. The molecule has 0 radical (unpaired) electrons. The molecule has 0 amide bonds. The van der Waals surface area contributed by atoms with Gasteiger partial charge in [0.2, 0.25) is 16.0 Å². The molecule has 1 saturated heterocycles. The summed E-state index contributed by atoms with van der Waals surface area (Å²) in [5.41, 5.74) is 11.5. The molecule has 0 bridgehead atoms. The van der Waals surface area contributed by atoms with Gasteiger partial charge in [0.15, 0.2) is 0 Å². The lowest BCUT2D eigenvalue weighted by Gasteiger charge is -2.33. The molecule has 5 rings (SSSR count). The highest BCUT2D eigenvalue weighted by atomic mass is 32.2. The predicted molar refractivity (Wildman–Crippen MR) is 139 cm³/mol. The summed E-state index contributed by atoms with van der Waals surface area (Å²) in [5.74, 6) is 0.247. The van der Waals surface area contributed by atoms with Crippen molar-refractivity contribution in [2.24, 2.45) is 0 Å². The number of hydrogen-bond donors (Lipinski definition) is 2. The molecule has 0 aliphatic carbocycles. The number of nitrogen functional groups attached to an aromatic ring is 1. The second-order valence-electron chi connectivity index (χ2n) is 8.68. The minimum Gasteiger partial charge on any atom is -0.368 e. The summed E-state index contributed by atoms with van der Waals surface area (Å²) in [6, 6.07) is 16.3. The van der Waals surface area contributed by atoms with E-state index in [0.29, 0.717) is 13.1 Å². The Morgan fingerprint density at radius 1 is 1.03 bits per heavy atom. The quantitative estimate of drug-likeness (QED) is 0.427. The summed E-state index contributed by atoms with van der Waals surface area (Å²) in [6.07, 6.45) is 6.96. The highest BCUT2D eigenvalue weighted by Gasteiger charge is 2.23. The summed E-state index contributed by atoms with van der Waals surface area (Å²) in [5, 5.41) is 8.58. The van der Waals surface area contributed by atoms with Crippen molar-refractivity contribution in [1.82, 2.24) is 29.4 Å². The maximum atomic E-state index is 11.7. The van der Waals surface area contributed by atoms with E-state index in [0.717, 1.165) is 53.1 Å². The summed E-state index contributed by atoms with van der Waals surface area (Å²) in [7, 11) is -3.10. The largest absolute Gasteiger partial charge is 0.368 e. The average molecular weight is 490 g/mol. The molecule has 2 aromatic heterocycles.